The van der Waals surface area contributed by atoms with Gasteiger partial charge >= 0.3 is 5.97 Å². The number of rotatable bonds is 11. The molecule has 218 valence electrons. The quantitative estimate of drug-likeness (QED) is 0.270. The highest BCUT2D eigenvalue weighted by Crippen LogP contribution is 2.29. The number of carbonyl (C=O) groups is 3. The molecule has 1 aromatic carbocycles. The molecule has 0 unspecified atom stereocenters. The number of hydrogen-bond donors (Lipinski definition) is 3. The minimum Gasteiger partial charge on any atom is -0.464 e. The average Bonchev–Trinajstić information content (AvgIpc) is 3.37. The first kappa shape index (κ1) is 29.9. The van der Waals surface area contributed by atoms with Gasteiger partial charge in [-0.15, -0.1) is 0 Å². The van der Waals surface area contributed by atoms with E-state index in [0.717, 1.165) is 10.7 Å². The van der Waals surface area contributed by atoms with E-state index in [1.54, 1.807) is 36.4 Å². The van der Waals surface area contributed by atoms with E-state index in [0.29, 0.717) is 43.4 Å². The fourth-order valence-corrected chi connectivity index (χ4v) is 6.77. The number of nitrogens with zero attached hydrogens (tertiary/aromatic N) is 2. The lowest BCUT2D eigenvalue weighted by Gasteiger charge is -2.35. The number of aliphatic hydroxyl groups excluding tert-OH is 1. The van der Waals surface area contributed by atoms with Gasteiger partial charge in [-0.3, -0.25) is 14.2 Å². The molecule has 2 aromatic rings. The molecule has 2 heterocycles. The maximum absolute atomic E-state index is 13.4. The summed E-state index contributed by atoms with van der Waals surface area (Å²) < 4.78 is 33.6. The third kappa shape index (κ3) is 6.98. The van der Waals surface area contributed by atoms with Crippen LogP contribution in [0.15, 0.2) is 42.5 Å². The molecular weight excluding hydrogens is 536 g/mol. The zero-order valence-electron chi connectivity index (χ0n) is 22.7. The molecule has 11 nitrogen and oxygen atoms in total. The Balaban J connectivity index is 1.51. The van der Waals surface area contributed by atoms with Crippen LogP contribution in [0.2, 0.25) is 0 Å². The molecular formula is C28H38N4O7S. The van der Waals surface area contributed by atoms with Crippen molar-refractivity contribution in [1.29, 1.82) is 0 Å². The minimum atomic E-state index is -3.79. The van der Waals surface area contributed by atoms with Gasteiger partial charge in [-0.25, -0.2) is 13.2 Å². The van der Waals surface area contributed by atoms with Crippen LogP contribution in [0.4, 0.5) is 0 Å². The lowest BCUT2D eigenvalue weighted by molar-refractivity contribution is -0.156. The van der Waals surface area contributed by atoms with Crippen LogP contribution in [0.5, 0.6) is 0 Å². The van der Waals surface area contributed by atoms with Crippen molar-refractivity contribution in [2.75, 3.05) is 13.2 Å². The Morgan fingerprint density at radius 3 is 2.48 bits per heavy atom. The number of esters is 1. The molecule has 1 aliphatic heterocycles. The van der Waals surface area contributed by atoms with Gasteiger partial charge in [-0.05, 0) is 55.7 Å². The number of aromatic nitrogens is 1. The fraction of sp³-hybridized carbons (Fsp3) is 0.536. The number of benzene rings is 1. The number of nitrogens with one attached hydrogen (secondary N) is 1. The standard InChI is InChI=1S/C28H38N4O7S/c1-2-3-15-39-28(36)26(34)25(20-9-11-21(29)12-10-20)30-27(35)23-14-13-22-16-31(17-24(33)32(22)23)40(37,38)18-19-7-5-4-6-8-19/h4-8,13-14,20-21,25-26,34H,2-3,9-12,15-18,29H2,1H3,(H,30,35)/t20?,21?,25-,26-/m0/s1. The van der Waals surface area contributed by atoms with Gasteiger partial charge in [0.25, 0.3) is 5.91 Å². The normalized spacial score (nSPS) is 21.3. The van der Waals surface area contributed by atoms with Crippen molar-refractivity contribution in [1.82, 2.24) is 14.2 Å². The summed E-state index contributed by atoms with van der Waals surface area (Å²) in [4.78, 5) is 39.2. The van der Waals surface area contributed by atoms with Crippen molar-refractivity contribution in [3.63, 3.8) is 0 Å². The number of aliphatic hydroxyl groups is 1. The summed E-state index contributed by atoms with van der Waals surface area (Å²) in [5.74, 6) is -2.45. The molecule has 40 heavy (non-hydrogen) atoms. The molecule has 1 fully saturated rings. The monoisotopic (exact) mass is 574 g/mol. The Morgan fingerprint density at radius 2 is 1.80 bits per heavy atom. The summed E-state index contributed by atoms with van der Waals surface area (Å²) in [6, 6.07) is 10.8. The Morgan fingerprint density at radius 1 is 1.10 bits per heavy atom. The molecule has 1 saturated carbocycles. The fourth-order valence-electron chi connectivity index (χ4n) is 5.34. The van der Waals surface area contributed by atoms with Crippen LogP contribution in [-0.4, -0.2) is 71.5 Å². The summed E-state index contributed by atoms with van der Waals surface area (Å²) in [6.45, 7) is 1.65. The van der Waals surface area contributed by atoms with Crippen molar-refractivity contribution in [2.45, 2.75) is 75.9 Å². The zero-order chi connectivity index (χ0) is 28.9. The zero-order valence-corrected chi connectivity index (χ0v) is 23.5. The number of fused-ring (bicyclic) bond motifs is 1. The van der Waals surface area contributed by atoms with Gasteiger partial charge in [0.05, 0.1) is 31.5 Å². The lowest BCUT2D eigenvalue weighted by atomic mass is 9.80. The third-order valence-electron chi connectivity index (χ3n) is 7.62. The summed E-state index contributed by atoms with van der Waals surface area (Å²) in [5.41, 5.74) is 7.03. The highest BCUT2D eigenvalue weighted by Gasteiger charge is 2.39. The van der Waals surface area contributed by atoms with Crippen LogP contribution in [0.1, 0.15) is 72.0 Å². The topological polar surface area (TPSA) is 161 Å². The number of unbranched alkanes of at least 4 members (excludes halogenated alkanes) is 1. The summed E-state index contributed by atoms with van der Waals surface area (Å²) in [7, 11) is -3.79. The molecule has 0 spiro atoms. The molecule has 0 radical (unpaired) electrons. The average molecular weight is 575 g/mol. The maximum Gasteiger partial charge on any atom is 0.337 e. The van der Waals surface area contributed by atoms with Crippen molar-refractivity contribution in [3.8, 4) is 0 Å². The predicted molar refractivity (Wildman–Crippen MR) is 148 cm³/mol. The van der Waals surface area contributed by atoms with E-state index in [1.165, 1.54) is 10.6 Å². The summed E-state index contributed by atoms with van der Waals surface area (Å²) in [6.07, 6.45) is 2.52. The first-order valence-corrected chi connectivity index (χ1v) is 15.4. The minimum absolute atomic E-state index is 0.0177. The van der Waals surface area contributed by atoms with E-state index < -0.39 is 46.5 Å². The van der Waals surface area contributed by atoms with Gasteiger partial charge in [-0.2, -0.15) is 4.31 Å². The van der Waals surface area contributed by atoms with Crippen molar-refractivity contribution in [3.05, 3.63) is 59.4 Å². The van der Waals surface area contributed by atoms with Gasteiger partial charge in [0.2, 0.25) is 15.9 Å². The van der Waals surface area contributed by atoms with Crippen molar-refractivity contribution in [2.24, 2.45) is 11.7 Å². The Kier molecular flexibility index (Phi) is 9.77. The second kappa shape index (κ2) is 13.1. The Labute approximate surface area is 234 Å². The van der Waals surface area contributed by atoms with Crippen LogP contribution in [0.25, 0.3) is 0 Å². The van der Waals surface area contributed by atoms with Gasteiger partial charge in [0.1, 0.15) is 5.69 Å². The number of ether oxygens (including phenoxy) is 1. The molecule has 1 aromatic heterocycles. The van der Waals surface area contributed by atoms with Crippen molar-refractivity contribution < 1.29 is 32.6 Å². The van der Waals surface area contributed by atoms with Crippen molar-refractivity contribution >= 4 is 27.8 Å². The van der Waals surface area contributed by atoms with E-state index in [2.05, 4.69) is 5.32 Å². The van der Waals surface area contributed by atoms with E-state index in [1.807, 2.05) is 6.92 Å². The summed E-state index contributed by atoms with van der Waals surface area (Å²) >= 11 is 0. The highest BCUT2D eigenvalue weighted by atomic mass is 32.2. The predicted octanol–water partition coefficient (Wildman–Crippen LogP) is 1.79. The van der Waals surface area contributed by atoms with Crippen LogP contribution in [0, 0.1) is 5.92 Å². The molecule has 0 bridgehead atoms. The van der Waals surface area contributed by atoms with Crippen LogP contribution in [-0.2, 0) is 31.9 Å². The van der Waals surface area contributed by atoms with Gasteiger partial charge in [-0.1, -0.05) is 43.7 Å². The van der Waals surface area contributed by atoms with E-state index in [4.69, 9.17) is 10.5 Å². The smallest absolute Gasteiger partial charge is 0.337 e. The number of sulfonamides is 1. The van der Waals surface area contributed by atoms with Crippen LogP contribution < -0.4 is 11.1 Å². The van der Waals surface area contributed by atoms with Gasteiger partial charge in [0.15, 0.2) is 6.10 Å². The first-order valence-electron chi connectivity index (χ1n) is 13.8. The Hall–Kier alpha value is -3.06. The number of carbonyl (C=O) groups excluding carboxylic acids is 3. The molecule has 12 heteroatoms. The van der Waals surface area contributed by atoms with Gasteiger partial charge < -0.3 is 20.9 Å². The molecule has 0 saturated heterocycles. The molecule has 1 aliphatic carbocycles. The van der Waals surface area contributed by atoms with Gasteiger partial charge in [0, 0.05) is 11.7 Å². The first-order chi connectivity index (χ1) is 19.1. The molecule has 2 aliphatic rings. The number of amides is 1. The number of nitrogens with two attached hydrogens (primary N) is 1. The third-order valence-corrected chi connectivity index (χ3v) is 9.37. The molecule has 4 N–H and O–H groups in total. The summed E-state index contributed by atoms with van der Waals surface area (Å²) in [5, 5.41) is 13.7. The maximum atomic E-state index is 13.4. The molecule has 1 amide bonds. The van der Waals surface area contributed by atoms with Crippen LogP contribution >= 0.6 is 0 Å². The SMILES string of the molecule is CCCCOC(=O)[C@@H](O)[C@@H](NC(=O)c1ccc2n1C(=O)CN(S(=O)(=O)Cc1ccccc1)C2)C1CCC(N)CC1. The Bertz CT molecular complexity index is 1300. The largest absolute Gasteiger partial charge is 0.464 e. The van der Waals surface area contributed by atoms with E-state index in [9.17, 15) is 27.9 Å². The molecule has 4 rings (SSSR count). The highest BCUT2D eigenvalue weighted by molar-refractivity contribution is 7.88. The molecule has 2 atom stereocenters. The second-order valence-corrected chi connectivity index (χ2v) is 12.6. The van der Waals surface area contributed by atoms with E-state index in [-0.39, 0.29) is 36.6 Å². The number of hydrogen-bond acceptors (Lipinski definition) is 8. The van der Waals surface area contributed by atoms with E-state index >= 15 is 0 Å². The second-order valence-electron chi connectivity index (χ2n) is 10.6. The van der Waals surface area contributed by atoms with Crippen LogP contribution in [0.3, 0.4) is 0 Å². The lowest BCUT2D eigenvalue weighted by Crippen LogP contribution is -2.53.